The molecule has 0 aliphatic carbocycles. The van der Waals surface area contributed by atoms with Crippen LogP contribution in [-0.4, -0.2) is 13.1 Å². The van der Waals surface area contributed by atoms with Gasteiger partial charge in [-0.3, -0.25) is 0 Å². The van der Waals surface area contributed by atoms with Gasteiger partial charge >= 0.3 is 0 Å². The largest absolute Gasteiger partial charge is 0.317 e. The van der Waals surface area contributed by atoms with Gasteiger partial charge in [0.1, 0.15) is 0 Å². The van der Waals surface area contributed by atoms with Crippen molar-refractivity contribution in [3.63, 3.8) is 0 Å². The molecular weight excluding hydrogens is 110 g/mol. The molecule has 1 saturated heterocycles. The van der Waals surface area contributed by atoms with E-state index in [1.54, 1.807) is 0 Å². The molecule has 0 aromatic carbocycles. The molecule has 0 radical (unpaired) electrons. The van der Waals surface area contributed by atoms with Crippen molar-refractivity contribution in [2.45, 2.75) is 19.8 Å². The zero-order chi connectivity index (χ0) is 6.74. The number of terminal acetylenes is 1. The molecule has 0 amide bonds. The first kappa shape index (κ1) is 6.64. The highest BCUT2D eigenvalue weighted by Gasteiger charge is 2.23. The van der Waals surface area contributed by atoms with Crippen molar-refractivity contribution < 1.29 is 0 Å². The first-order chi connectivity index (χ1) is 4.27. The van der Waals surface area contributed by atoms with Crippen LogP contribution in [-0.2, 0) is 0 Å². The fourth-order valence-electron chi connectivity index (χ4n) is 1.12. The Bertz CT molecular complexity index is 126. The molecule has 1 aliphatic heterocycles. The van der Waals surface area contributed by atoms with Gasteiger partial charge in [0.25, 0.3) is 0 Å². The van der Waals surface area contributed by atoms with Gasteiger partial charge < -0.3 is 5.32 Å². The second-order valence-corrected chi connectivity index (χ2v) is 2.95. The summed E-state index contributed by atoms with van der Waals surface area (Å²) < 4.78 is 0. The molecule has 1 fully saturated rings. The molecule has 1 N–H and O–H groups in total. The smallest absolute Gasteiger partial charge is 0.0308 e. The molecule has 0 bridgehead atoms. The first-order valence-electron chi connectivity index (χ1n) is 3.45. The minimum absolute atomic E-state index is 0.186. The minimum Gasteiger partial charge on any atom is -0.317 e. The van der Waals surface area contributed by atoms with Gasteiger partial charge in [-0.05, 0) is 32.9 Å². The van der Waals surface area contributed by atoms with Crippen molar-refractivity contribution in [2.24, 2.45) is 5.41 Å². The molecule has 50 valence electrons. The van der Waals surface area contributed by atoms with E-state index in [2.05, 4.69) is 18.2 Å². The van der Waals surface area contributed by atoms with Crippen LogP contribution in [0.25, 0.3) is 0 Å². The first-order valence-corrected chi connectivity index (χ1v) is 3.45. The quantitative estimate of drug-likeness (QED) is 0.474. The van der Waals surface area contributed by atoms with Crippen LogP contribution >= 0.6 is 0 Å². The molecule has 1 heteroatoms. The lowest BCUT2D eigenvalue weighted by atomic mass is 9.82. The van der Waals surface area contributed by atoms with Gasteiger partial charge in [-0.25, -0.2) is 0 Å². The lowest BCUT2D eigenvalue weighted by Gasteiger charge is -2.28. The average Bonchev–Trinajstić information content (AvgIpc) is 1.90. The molecule has 9 heavy (non-hydrogen) atoms. The van der Waals surface area contributed by atoms with Crippen LogP contribution in [0.2, 0.25) is 0 Å². The van der Waals surface area contributed by atoms with E-state index in [0.717, 1.165) is 25.9 Å². The lowest BCUT2D eigenvalue weighted by molar-refractivity contribution is 0.316. The van der Waals surface area contributed by atoms with Gasteiger partial charge in [0.15, 0.2) is 0 Å². The monoisotopic (exact) mass is 123 g/mol. The van der Waals surface area contributed by atoms with Crippen molar-refractivity contribution in [1.29, 1.82) is 0 Å². The van der Waals surface area contributed by atoms with Crippen LogP contribution in [0.15, 0.2) is 0 Å². The Morgan fingerprint density at radius 2 is 2.00 bits per heavy atom. The lowest BCUT2D eigenvalue weighted by Crippen LogP contribution is -2.33. The van der Waals surface area contributed by atoms with E-state index >= 15 is 0 Å². The van der Waals surface area contributed by atoms with E-state index in [1.165, 1.54) is 0 Å². The van der Waals surface area contributed by atoms with Gasteiger partial charge in [0.05, 0.1) is 0 Å². The summed E-state index contributed by atoms with van der Waals surface area (Å²) in [4.78, 5) is 0. The van der Waals surface area contributed by atoms with E-state index in [9.17, 15) is 0 Å². The highest BCUT2D eigenvalue weighted by molar-refractivity contribution is 5.04. The van der Waals surface area contributed by atoms with Crippen LogP contribution in [0, 0.1) is 17.8 Å². The average molecular weight is 123 g/mol. The highest BCUT2D eigenvalue weighted by Crippen LogP contribution is 2.25. The second-order valence-electron chi connectivity index (χ2n) is 2.95. The maximum absolute atomic E-state index is 5.36. The van der Waals surface area contributed by atoms with E-state index in [1.807, 2.05) is 0 Å². The summed E-state index contributed by atoms with van der Waals surface area (Å²) in [5, 5.41) is 3.28. The number of hydrogen-bond donors (Lipinski definition) is 1. The standard InChI is InChI=1S/C8H13N/c1-3-8(2)4-6-9-7-5-8/h1,9H,4-7H2,2H3. The fraction of sp³-hybridized carbons (Fsp3) is 0.750. The summed E-state index contributed by atoms with van der Waals surface area (Å²) >= 11 is 0. The van der Waals surface area contributed by atoms with Crippen molar-refractivity contribution in [1.82, 2.24) is 5.32 Å². The molecule has 0 saturated carbocycles. The predicted molar refractivity (Wildman–Crippen MR) is 39.0 cm³/mol. The van der Waals surface area contributed by atoms with E-state index in [0.29, 0.717) is 0 Å². The third-order valence-corrected chi connectivity index (χ3v) is 2.06. The Labute approximate surface area is 56.8 Å². The van der Waals surface area contributed by atoms with Crippen LogP contribution in [0.3, 0.4) is 0 Å². The Hall–Kier alpha value is -0.480. The van der Waals surface area contributed by atoms with Crippen molar-refractivity contribution in [3.8, 4) is 12.3 Å². The van der Waals surface area contributed by atoms with E-state index in [-0.39, 0.29) is 5.41 Å². The maximum Gasteiger partial charge on any atom is 0.0308 e. The molecule has 0 atom stereocenters. The molecule has 0 unspecified atom stereocenters. The minimum atomic E-state index is 0.186. The Balaban J connectivity index is 2.49. The van der Waals surface area contributed by atoms with Crippen LogP contribution in [0.5, 0.6) is 0 Å². The molecule has 1 aliphatic rings. The SMILES string of the molecule is C#CC1(C)CCNCC1. The van der Waals surface area contributed by atoms with Crippen molar-refractivity contribution in [3.05, 3.63) is 0 Å². The zero-order valence-corrected chi connectivity index (χ0v) is 5.91. The summed E-state index contributed by atoms with van der Waals surface area (Å²) in [6, 6.07) is 0. The molecule has 1 rings (SSSR count). The molecule has 0 spiro atoms. The molecule has 0 aromatic heterocycles. The molecular formula is C8H13N. The highest BCUT2D eigenvalue weighted by atomic mass is 14.9. The second kappa shape index (κ2) is 2.41. The topological polar surface area (TPSA) is 12.0 Å². The van der Waals surface area contributed by atoms with Crippen LogP contribution in [0.4, 0.5) is 0 Å². The number of piperidine rings is 1. The van der Waals surface area contributed by atoms with Gasteiger partial charge in [-0.1, -0.05) is 0 Å². The van der Waals surface area contributed by atoms with Gasteiger partial charge in [-0.2, -0.15) is 0 Å². The van der Waals surface area contributed by atoms with E-state index in [4.69, 9.17) is 6.42 Å². The molecule has 1 nitrogen and oxygen atoms in total. The predicted octanol–water partition coefficient (Wildman–Crippen LogP) is 1.01. The zero-order valence-electron chi connectivity index (χ0n) is 5.91. The summed E-state index contributed by atoms with van der Waals surface area (Å²) in [5.41, 5.74) is 0.186. The maximum atomic E-state index is 5.36. The Kier molecular flexibility index (Phi) is 1.78. The van der Waals surface area contributed by atoms with E-state index < -0.39 is 0 Å². The van der Waals surface area contributed by atoms with Crippen molar-refractivity contribution in [2.75, 3.05) is 13.1 Å². The summed E-state index contributed by atoms with van der Waals surface area (Å²) in [6.07, 6.45) is 7.62. The summed E-state index contributed by atoms with van der Waals surface area (Å²) in [5.74, 6) is 2.84. The number of hydrogen-bond acceptors (Lipinski definition) is 1. The normalized spacial score (nSPS) is 24.9. The third-order valence-electron chi connectivity index (χ3n) is 2.06. The number of nitrogens with one attached hydrogen (secondary N) is 1. The fourth-order valence-corrected chi connectivity index (χ4v) is 1.12. The van der Waals surface area contributed by atoms with Gasteiger partial charge in [0.2, 0.25) is 0 Å². The summed E-state index contributed by atoms with van der Waals surface area (Å²) in [7, 11) is 0. The van der Waals surface area contributed by atoms with Gasteiger partial charge in [-0.15, -0.1) is 12.3 Å². The Morgan fingerprint density at radius 3 is 2.33 bits per heavy atom. The van der Waals surface area contributed by atoms with Crippen molar-refractivity contribution >= 4 is 0 Å². The van der Waals surface area contributed by atoms with Crippen LogP contribution < -0.4 is 5.32 Å². The molecule has 1 heterocycles. The van der Waals surface area contributed by atoms with Gasteiger partial charge in [0, 0.05) is 5.41 Å². The van der Waals surface area contributed by atoms with Crippen LogP contribution in [0.1, 0.15) is 19.8 Å². The summed E-state index contributed by atoms with van der Waals surface area (Å²) in [6.45, 7) is 4.33. The third kappa shape index (κ3) is 1.46. The molecule has 0 aromatic rings. The number of rotatable bonds is 0. The Morgan fingerprint density at radius 1 is 1.44 bits per heavy atom.